The van der Waals surface area contributed by atoms with Crippen LogP contribution >= 0.6 is 0 Å². The zero-order valence-corrected chi connectivity index (χ0v) is 11.2. The second kappa shape index (κ2) is 3.51. The quantitative estimate of drug-likeness (QED) is 0.796. The zero-order valence-electron chi connectivity index (χ0n) is 11.2. The van der Waals surface area contributed by atoms with Crippen molar-refractivity contribution in [2.75, 3.05) is 5.32 Å². The molecule has 92 valence electrons. The Kier molecular flexibility index (Phi) is 2.30. The van der Waals surface area contributed by atoms with Gasteiger partial charge in [0.05, 0.1) is 0 Å². The van der Waals surface area contributed by atoms with E-state index in [0.29, 0.717) is 16.9 Å². The first-order valence-corrected chi connectivity index (χ1v) is 6.86. The predicted molar refractivity (Wildman–Crippen MR) is 73.1 cm³/mol. The summed E-state index contributed by atoms with van der Waals surface area (Å²) in [5, 5.41) is 3.77. The van der Waals surface area contributed by atoms with Crippen LogP contribution < -0.4 is 5.32 Å². The molecule has 0 saturated heterocycles. The summed E-state index contributed by atoms with van der Waals surface area (Å²) in [5.41, 5.74) is 2.24. The van der Waals surface area contributed by atoms with E-state index in [0.717, 1.165) is 5.92 Å². The highest BCUT2D eigenvalue weighted by molar-refractivity contribution is 5.45. The van der Waals surface area contributed by atoms with Crippen LogP contribution in [0.5, 0.6) is 0 Å². The van der Waals surface area contributed by atoms with Crippen molar-refractivity contribution in [1.29, 1.82) is 0 Å². The Morgan fingerprint density at radius 1 is 1.12 bits per heavy atom. The summed E-state index contributed by atoms with van der Waals surface area (Å²) < 4.78 is 0. The lowest BCUT2D eigenvalue weighted by Gasteiger charge is -2.40. The Balaban J connectivity index is 1.83. The van der Waals surface area contributed by atoms with Gasteiger partial charge in [-0.2, -0.15) is 0 Å². The Morgan fingerprint density at radius 2 is 1.82 bits per heavy atom. The topological polar surface area (TPSA) is 12.0 Å². The van der Waals surface area contributed by atoms with Crippen molar-refractivity contribution in [3.63, 3.8) is 0 Å². The van der Waals surface area contributed by atoms with Gasteiger partial charge in [-0.05, 0) is 48.1 Å². The number of anilines is 1. The lowest BCUT2D eigenvalue weighted by Crippen LogP contribution is -2.40. The molecule has 2 aliphatic carbocycles. The lowest BCUT2D eigenvalue weighted by molar-refractivity contribution is 0.142. The molecule has 2 fully saturated rings. The van der Waals surface area contributed by atoms with Crippen molar-refractivity contribution in [1.82, 2.24) is 0 Å². The molecule has 1 nitrogen and oxygen atoms in total. The first-order valence-electron chi connectivity index (χ1n) is 6.86. The average molecular weight is 229 g/mol. The minimum Gasteiger partial charge on any atom is -0.382 e. The van der Waals surface area contributed by atoms with E-state index >= 15 is 0 Å². The third kappa shape index (κ3) is 1.44. The van der Waals surface area contributed by atoms with E-state index in [1.165, 1.54) is 24.9 Å². The third-order valence-corrected chi connectivity index (χ3v) is 5.91. The molecule has 0 amide bonds. The molecule has 0 heterocycles. The summed E-state index contributed by atoms with van der Waals surface area (Å²) in [4.78, 5) is 0. The van der Waals surface area contributed by atoms with Gasteiger partial charge in [0.1, 0.15) is 0 Å². The fourth-order valence-corrected chi connectivity index (χ4v) is 4.16. The van der Waals surface area contributed by atoms with Crippen LogP contribution in [0.25, 0.3) is 0 Å². The Hall–Kier alpha value is -0.980. The molecule has 3 atom stereocenters. The molecule has 17 heavy (non-hydrogen) atoms. The number of rotatable bonds is 2. The molecule has 1 aromatic carbocycles. The number of nitrogens with one attached hydrogen (secondary N) is 1. The summed E-state index contributed by atoms with van der Waals surface area (Å²) in [6.07, 6.45) is 4.16. The van der Waals surface area contributed by atoms with Crippen molar-refractivity contribution in [2.24, 2.45) is 16.7 Å². The van der Waals surface area contributed by atoms with Crippen molar-refractivity contribution in [3.8, 4) is 0 Å². The second-order valence-corrected chi connectivity index (χ2v) is 6.67. The molecule has 2 aliphatic rings. The van der Waals surface area contributed by atoms with Gasteiger partial charge in [-0.25, -0.2) is 0 Å². The van der Waals surface area contributed by atoms with Crippen molar-refractivity contribution < 1.29 is 0 Å². The van der Waals surface area contributed by atoms with Crippen LogP contribution in [0, 0.1) is 16.7 Å². The van der Waals surface area contributed by atoms with Crippen molar-refractivity contribution in [3.05, 3.63) is 30.3 Å². The Bertz CT molecular complexity index is 409. The lowest BCUT2D eigenvalue weighted by atomic mass is 9.69. The van der Waals surface area contributed by atoms with Crippen LogP contribution in [-0.2, 0) is 0 Å². The molecule has 2 saturated carbocycles. The van der Waals surface area contributed by atoms with E-state index in [-0.39, 0.29) is 0 Å². The highest BCUT2D eigenvalue weighted by Crippen LogP contribution is 2.65. The van der Waals surface area contributed by atoms with Crippen LogP contribution in [0.15, 0.2) is 30.3 Å². The summed E-state index contributed by atoms with van der Waals surface area (Å²) in [6.45, 7) is 7.43. The minimum absolute atomic E-state index is 0.466. The van der Waals surface area contributed by atoms with Gasteiger partial charge in [0.25, 0.3) is 0 Å². The van der Waals surface area contributed by atoms with Gasteiger partial charge in [-0.1, -0.05) is 39.0 Å². The summed E-state index contributed by atoms with van der Waals surface area (Å²) >= 11 is 0. The van der Waals surface area contributed by atoms with Crippen LogP contribution in [0.4, 0.5) is 5.69 Å². The van der Waals surface area contributed by atoms with E-state index in [1.54, 1.807) is 0 Å². The van der Waals surface area contributed by atoms with Crippen LogP contribution in [-0.4, -0.2) is 6.04 Å². The molecule has 1 N–H and O–H groups in total. The largest absolute Gasteiger partial charge is 0.382 e. The summed E-state index contributed by atoms with van der Waals surface area (Å²) in [5.74, 6) is 0.911. The molecule has 0 aromatic heterocycles. The van der Waals surface area contributed by atoms with Gasteiger partial charge in [-0.3, -0.25) is 0 Å². The van der Waals surface area contributed by atoms with Gasteiger partial charge in [0, 0.05) is 11.7 Å². The Morgan fingerprint density at radius 3 is 2.35 bits per heavy atom. The highest BCUT2D eigenvalue weighted by atomic mass is 15.0. The van der Waals surface area contributed by atoms with Crippen molar-refractivity contribution >= 4 is 5.69 Å². The third-order valence-electron chi connectivity index (χ3n) is 5.91. The fourth-order valence-electron chi connectivity index (χ4n) is 4.16. The second-order valence-electron chi connectivity index (χ2n) is 6.67. The van der Waals surface area contributed by atoms with E-state index in [1.807, 2.05) is 0 Å². The van der Waals surface area contributed by atoms with E-state index in [4.69, 9.17) is 0 Å². The van der Waals surface area contributed by atoms with E-state index in [2.05, 4.69) is 56.4 Å². The highest BCUT2D eigenvalue weighted by Gasteiger charge is 2.61. The number of hydrogen-bond acceptors (Lipinski definition) is 1. The Labute approximate surface area is 105 Å². The van der Waals surface area contributed by atoms with Gasteiger partial charge in [0.2, 0.25) is 0 Å². The van der Waals surface area contributed by atoms with Crippen LogP contribution in [0.1, 0.15) is 40.0 Å². The average Bonchev–Trinajstić information content (AvgIpc) is 2.63. The van der Waals surface area contributed by atoms with Crippen molar-refractivity contribution in [2.45, 2.75) is 46.1 Å². The molecule has 0 spiro atoms. The number of hydrogen-bond donors (Lipinski definition) is 1. The van der Waals surface area contributed by atoms with Gasteiger partial charge in [0.15, 0.2) is 0 Å². The molecule has 1 heteroatoms. The summed E-state index contributed by atoms with van der Waals surface area (Å²) in [7, 11) is 0. The molecule has 3 rings (SSSR count). The van der Waals surface area contributed by atoms with E-state index in [9.17, 15) is 0 Å². The normalized spacial score (nSPS) is 38.3. The SMILES string of the molecule is CC1(C)[C@H]2CC[C@]1(C)[C@H](Nc1ccccc1)C2. The smallest absolute Gasteiger partial charge is 0.0342 e. The number of benzene rings is 1. The molecule has 1 aromatic rings. The molecule has 2 bridgehead atoms. The van der Waals surface area contributed by atoms with Gasteiger partial charge in [-0.15, -0.1) is 0 Å². The monoisotopic (exact) mass is 229 g/mol. The number of fused-ring (bicyclic) bond motifs is 2. The molecular formula is C16H23N. The number of para-hydroxylation sites is 1. The van der Waals surface area contributed by atoms with E-state index < -0.39 is 0 Å². The molecule has 0 aliphatic heterocycles. The maximum absolute atomic E-state index is 3.77. The van der Waals surface area contributed by atoms with Gasteiger partial charge < -0.3 is 5.32 Å². The maximum Gasteiger partial charge on any atom is 0.0342 e. The predicted octanol–water partition coefficient (Wildman–Crippen LogP) is 4.31. The standard InChI is InChI=1S/C16H23N/c1-15(2)12-9-10-16(15,3)14(11-12)17-13-7-5-4-6-8-13/h4-8,12,14,17H,9-11H2,1-3H3/t12-,14+,16+/m0/s1. The summed E-state index contributed by atoms with van der Waals surface area (Å²) in [6, 6.07) is 11.3. The van der Waals surface area contributed by atoms with Crippen LogP contribution in [0.3, 0.4) is 0 Å². The molecular weight excluding hydrogens is 206 g/mol. The maximum atomic E-state index is 3.77. The fraction of sp³-hybridized carbons (Fsp3) is 0.625. The zero-order chi connectivity index (χ0) is 12.1. The first kappa shape index (κ1) is 11.1. The minimum atomic E-state index is 0.466. The van der Waals surface area contributed by atoms with Crippen LogP contribution in [0.2, 0.25) is 0 Å². The first-order chi connectivity index (χ1) is 8.04. The molecule has 0 radical (unpaired) electrons. The van der Waals surface area contributed by atoms with Gasteiger partial charge >= 0.3 is 0 Å². The molecule has 0 unspecified atom stereocenters.